The third-order valence-electron chi connectivity index (χ3n) is 11.6. The number of nitrogens with zero attached hydrogens (tertiary/aromatic N) is 1. The van der Waals surface area contributed by atoms with Crippen molar-refractivity contribution in [3.05, 3.63) is 85.1 Å². The van der Waals surface area contributed by atoms with Crippen LogP contribution in [0.3, 0.4) is 0 Å². The molecule has 0 fully saturated rings. The van der Waals surface area contributed by atoms with Gasteiger partial charge in [-0.25, -0.2) is 4.57 Å². The fraction of sp³-hybridized carbons (Fsp3) is 0.737. The van der Waals surface area contributed by atoms with Crippen molar-refractivity contribution >= 4 is 13.7 Å². The van der Waals surface area contributed by atoms with E-state index in [9.17, 15) is 19.4 Å². The first-order valence-electron chi connectivity index (χ1n) is 27.0. The summed E-state index contributed by atoms with van der Waals surface area (Å²) in [6, 6.07) is -0.847. The lowest BCUT2D eigenvalue weighted by molar-refractivity contribution is -0.870. The van der Waals surface area contributed by atoms with Crippen molar-refractivity contribution in [2.24, 2.45) is 0 Å². The second-order valence-corrected chi connectivity index (χ2v) is 20.7. The summed E-state index contributed by atoms with van der Waals surface area (Å²) in [6.07, 6.45) is 67.0. The summed E-state index contributed by atoms with van der Waals surface area (Å²) in [5.74, 6) is -0.182. The molecule has 0 aromatic heterocycles. The van der Waals surface area contributed by atoms with Crippen LogP contribution in [-0.4, -0.2) is 73.4 Å². The molecule has 3 unspecified atom stereocenters. The van der Waals surface area contributed by atoms with Gasteiger partial charge in [0.15, 0.2) is 0 Å². The minimum absolute atomic E-state index is 0.0592. The van der Waals surface area contributed by atoms with E-state index >= 15 is 0 Å². The predicted octanol–water partition coefficient (Wildman–Crippen LogP) is 16.1. The molecule has 8 nitrogen and oxygen atoms in total. The van der Waals surface area contributed by atoms with Crippen molar-refractivity contribution in [2.75, 3.05) is 40.9 Å². The lowest BCUT2D eigenvalue weighted by Gasteiger charge is -2.25. The van der Waals surface area contributed by atoms with Crippen LogP contribution in [0.4, 0.5) is 0 Å². The number of aliphatic hydroxyl groups is 1. The van der Waals surface area contributed by atoms with Crippen molar-refractivity contribution in [3.8, 4) is 0 Å². The Morgan fingerprint density at radius 3 is 1.33 bits per heavy atom. The number of carbonyl (C=O) groups is 1. The van der Waals surface area contributed by atoms with Gasteiger partial charge in [-0.1, -0.05) is 227 Å². The van der Waals surface area contributed by atoms with E-state index in [0.29, 0.717) is 17.4 Å². The van der Waals surface area contributed by atoms with Gasteiger partial charge in [0.05, 0.1) is 39.9 Å². The number of carbonyl (C=O) groups excluding carboxylic acids is 1. The Hall–Kier alpha value is -2.32. The molecular weight excluding hydrogens is 840 g/mol. The van der Waals surface area contributed by atoms with Gasteiger partial charge < -0.3 is 19.8 Å². The van der Waals surface area contributed by atoms with Gasteiger partial charge >= 0.3 is 7.82 Å². The molecule has 0 aromatic rings. The summed E-state index contributed by atoms with van der Waals surface area (Å²) in [4.78, 5) is 23.1. The van der Waals surface area contributed by atoms with E-state index in [4.69, 9.17) is 9.05 Å². The monoisotopic (exact) mass is 944 g/mol. The van der Waals surface area contributed by atoms with Crippen LogP contribution in [0, 0.1) is 0 Å². The van der Waals surface area contributed by atoms with E-state index in [2.05, 4.69) is 92.1 Å². The van der Waals surface area contributed by atoms with E-state index in [0.717, 1.165) is 77.0 Å². The highest BCUT2D eigenvalue weighted by Crippen LogP contribution is 2.43. The number of unbranched alkanes of at least 4 members (excludes halogenated alkanes) is 23. The number of rotatable bonds is 48. The minimum atomic E-state index is -4.34. The zero-order valence-corrected chi connectivity index (χ0v) is 44.3. The lowest BCUT2D eigenvalue weighted by atomic mass is 10.0. The number of nitrogens with one attached hydrogen (secondary N) is 1. The highest BCUT2D eigenvalue weighted by Gasteiger charge is 2.27. The van der Waals surface area contributed by atoms with Crippen LogP contribution < -0.4 is 5.32 Å². The molecule has 9 heteroatoms. The molecule has 0 aliphatic carbocycles. The van der Waals surface area contributed by atoms with Crippen LogP contribution in [0.25, 0.3) is 0 Å². The average Bonchev–Trinajstić information content (AvgIpc) is 3.28. The molecule has 0 spiro atoms. The Kier molecular flexibility index (Phi) is 46.1. The molecule has 66 heavy (non-hydrogen) atoms. The largest absolute Gasteiger partial charge is 0.472 e. The maximum Gasteiger partial charge on any atom is 0.472 e. The standard InChI is InChI=1S/C57H103N2O6P/c1-6-8-10-12-14-16-17-18-19-20-21-22-23-24-25-26-27-28-29-30-31-32-33-34-35-36-37-38-39-40-41-43-45-47-49-51-57(61)58-55(54-65-66(62,63)64-53-52-59(3,4)5)56(60)50-48-46-44-42-15-13-11-9-7-2/h8,10,14,16,18-19,21-22,24-25,27-28,48,50,55-56,60H,6-7,9,11-13,15,17,20,23,26,29-47,49,51-54H2,1-5H3,(H-,58,61,62,63)/p+1/b10-8-,16-14-,19-18-,22-21-,25-24-,28-27-,50-48+. The van der Waals surface area contributed by atoms with E-state index in [-0.39, 0.29) is 19.1 Å². The second-order valence-electron chi connectivity index (χ2n) is 19.2. The average molecular weight is 944 g/mol. The molecular formula is C57H104N2O6P+. The van der Waals surface area contributed by atoms with Gasteiger partial charge in [0.25, 0.3) is 0 Å². The first-order valence-corrected chi connectivity index (χ1v) is 28.5. The minimum Gasteiger partial charge on any atom is -0.387 e. The summed E-state index contributed by atoms with van der Waals surface area (Å²) in [7, 11) is 1.57. The van der Waals surface area contributed by atoms with Crippen molar-refractivity contribution in [2.45, 2.75) is 231 Å². The summed E-state index contributed by atoms with van der Waals surface area (Å²) in [5, 5.41) is 13.8. The molecule has 0 aliphatic heterocycles. The van der Waals surface area contributed by atoms with Gasteiger partial charge in [-0.3, -0.25) is 13.8 Å². The smallest absolute Gasteiger partial charge is 0.387 e. The fourth-order valence-corrected chi connectivity index (χ4v) is 8.13. The Bertz CT molecular complexity index is 1350. The number of phosphoric ester groups is 1. The zero-order chi connectivity index (χ0) is 48.5. The van der Waals surface area contributed by atoms with Crippen LogP contribution in [0.15, 0.2) is 85.1 Å². The first kappa shape index (κ1) is 63.7. The van der Waals surface area contributed by atoms with E-state index < -0.39 is 20.0 Å². The lowest BCUT2D eigenvalue weighted by Crippen LogP contribution is -2.45. The third kappa shape index (κ3) is 49.6. The Morgan fingerprint density at radius 1 is 0.530 bits per heavy atom. The fourth-order valence-electron chi connectivity index (χ4n) is 7.40. The van der Waals surface area contributed by atoms with Gasteiger partial charge in [-0.15, -0.1) is 0 Å². The second kappa shape index (κ2) is 47.7. The molecule has 3 N–H and O–H groups in total. The van der Waals surface area contributed by atoms with Gasteiger partial charge in [0.2, 0.25) is 5.91 Å². The highest BCUT2D eigenvalue weighted by molar-refractivity contribution is 7.47. The predicted molar refractivity (Wildman–Crippen MR) is 286 cm³/mol. The Morgan fingerprint density at radius 2 is 0.909 bits per heavy atom. The van der Waals surface area contributed by atoms with Crippen molar-refractivity contribution in [3.63, 3.8) is 0 Å². The topological polar surface area (TPSA) is 105 Å². The van der Waals surface area contributed by atoms with Crippen LogP contribution in [-0.2, 0) is 18.4 Å². The summed E-state index contributed by atoms with van der Waals surface area (Å²) < 4.78 is 23.5. The molecule has 0 saturated heterocycles. The number of phosphoric acid groups is 1. The molecule has 0 heterocycles. The Balaban J connectivity index is 3.97. The molecule has 0 aromatic carbocycles. The molecule has 3 atom stereocenters. The number of hydrogen-bond acceptors (Lipinski definition) is 5. The maximum atomic E-state index is 12.9. The van der Waals surface area contributed by atoms with Crippen molar-refractivity contribution in [1.82, 2.24) is 5.32 Å². The third-order valence-corrected chi connectivity index (χ3v) is 12.6. The van der Waals surface area contributed by atoms with Crippen molar-refractivity contribution in [1.29, 1.82) is 0 Å². The number of amides is 1. The van der Waals surface area contributed by atoms with Crippen LogP contribution in [0.2, 0.25) is 0 Å². The number of aliphatic hydroxyl groups excluding tert-OH is 1. The van der Waals surface area contributed by atoms with Crippen molar-refractivity contribution < 1.29 is 32.9 Å². The zero-order valence-electron chi connectivity index (χ0n) is 43.4. The van der Waals surface area contributed by atoms with Crippen LogP contribution >= 0.6 is 7.82 Å². The highest BCUT2D eigenvalue weighted by atomic mass is 31.2. The molecule has 0 bridgehead atoms. The van der Waals surface area contributed by atoms with E-state index in [1.54, 1.807) is 6.08 Å². The molecule has 1 amide bonds. The SMILES string of the molecule is CC/C=C\C/C=C\C/C=C\C/C=C\C/C=C\C/C=C\CCCCCCCCCCCCCCCCCCC(=O)NC(COP(=O)(O)OCC[N+](C)(C)C)C(O)/C=C/CCCCCCCCC. The van der Waals surface area contributed by atoms with Gasteiger partial charge in [-0.2, -0.15) is 0 Å². The van der Waals surface area contributed by atoms with E-state index in [1.165, 1.54) is 122 Å². The molecule has 0 aliphatic rings. The molecule has 0 radical (unpaired) electrons. The van der Waals surface area contributed by atoms with E-state index in [1.807, 2.05) is 27.2 Å². The Labute approximate surface area is 407 Å². The quantitative estimate of drug-likeness (QED) is 0.0243. The molecule has 0 rings (SSSR count). The van der Waals surface area contributed by atoms with Gasteiger partial charge in [0, 0.05) is 6.42 Å². The summed E-state index contributed by atoms with van der Waals surface area (Å²) >= 11 is 0. The molecule has 382 valence electrons. The van der Waals surface area contributed by atoms with Gasteiger partial charge in [0.1, 0.15) is 13.2 Å². The summed E-state index contributed by atoms with van der Waals surface area (Å²) in [6.45, 7) is 4.66. The normalized spacial score (nSPS) is 14.7. The number of allylic oxidation sites excluding steroid dienone is 13. The van der Waals surface area contributed by atoms with Crippen LogP contribution in [0.5, 0.6) is 0 Å². The summed E-state index contributed by atoms with van der Waals surface area (Å²) in [5.41, 5.74) is 0. The maximum absolute atomic E-state index is 12.9. The number of quaternary nitrogens is 1. The van der Waals surface area contributed by atoms with Crippen LogP contribution in [0.1, 0.15) is 219 Å². The number of likely N-dealkylation sites (N-methyl/N-ethyl adjacent to an activating group) is 1. The number of hydrogen-bond donors (Lipinski definition) is 3. The molecule has 0 saturated carbocycles. The van der Waals surface area contributed by atoms with Gasteiger partial charge in [-0.05, 0) is 70.6 Å². The first-order chi connectivity index (χ1) is 32.0.